The summed E-state index contributed by atoms with van der Waals surface area (Å²) in [4.78, 5) is 3.10. The van der Waals surface area contributed by atoms with Gasteiger partial charge in [0.25, 0.3) is 0 Å². The molecule has 0 radical (unpaired) electrons. The summed E-state index contributed by atoms with van der Waals surface area (Å²) in [6, 6.07) is 1.51. The Kier molecular flexibility index (Phi) is 9.98. The van der Waals surface area contributed by atoms with Gasteiger partial charge in [-0.25, -0.2) is 0 Å². The van der Waals surface area contributed by atoms with Crippen LogP contribution < -0.4 is 20.4 Å². The number of rotatable bonds is 10. The first kappa shape index (κ1) is 22.4. The van der Waals surface area contributed by atoms with Gasteiger partial charge in [-0.2, -0.15) is 0 Å². The van der Waals surface area contributed by atoms with Gasteiger partial charge < -0.3 is 30.6 Å². The van der Waals surface area contributed by atoms with Crippen molar-refractivity contribution in [1.29, 1.82) is 0 Å². The Morgan fingerprint density at radius 3 is 1.32 bits per heavy atom. The summed E-state index contributed by atoms with van der Waals surface area (Å²) < 4.78 is 0. The number of quaternary nitrogens is 4. The second kappa shape index (κ2) is 12.5. The molecule has 0 spiro atoms. The molecular weight excluding hydrogens is 352 g/mol. The Morgan fingerprint density at radius 2 is 0.964 bits per heavy atom. The van der Waals surface area contributed by atoms with E-state index in [2.05, 4.69) is 10.6 Å². The van der Waals surface area contributed by atoms with E-state index in [1.54, 1.807) is 9.80 Å². The van der Waals surface area contributed by atoms with Crippen LogP contribution in [0.25, 0.3) is 0 Å². The van der Waals surface area contributed by atoms with Gasteiger partial charge in [-0.05, 0) is 51.4 Å². The van der Waals surface area contributed by atoms with E-state index in [0.717, 1.165) is 64.4 Å². The average Bonchev–Trinajstić information content (AvgIpc) is 2.74. The maximum absolute atomic E-state index is 10.4. The summed E-state index contributed by atoms with van der Waals surface area (Å²) in [6.45, 7) is 8.08. The van der Waals surface area contributed by atoms with Gasteiger partial charge in [0, 0.05) is 0 Å². The van der Waals surface area contributed by atoms with Gasteiger partial charge in [0.15, 0.2) is 12.2 Å². The Bertz CT molecular complexity index is 367. The van der Waals surface area contributed by atoms with Crippen LogP contribution in [0.5, 0.6) is 0 Å². The molecular formula is C22H48N4O2+4. The fraction of sp³-hybridized carbons (Fsp3) is 1.00. The summed E-state index contributed by atoms with van der Waals surface area (Å²) in [5.74, 6) is 0. The van der Waals surface area contributed by atoms with E-state index < -0.39 is 0 Å². The van der Waals surface area contributed by atoms with Crippen molar-refractivity contribution >= 4 is 0 Å². The maximum atomic E-state index is 10.4. The van der Waals surface area contributed by atoms with Crippen molar-refractivity contribution in [3.05, 3.63) is 0 Å². The number of nitrogens with one attached hydrogen (secondary N) is 2. The Balaban J connectivity index is 1.23. The second-order valence-electron chi connectivity index (χ2n) is 9.95. The summed E-state index contributed by atoms with van der Waals surface area (Å²) in [5, 5.41) is 25.7. The molecule has 6 heteroatoms. The van der Waals surface area contributed by atoms with Gasteiger partial charge in [0.1, 0.15) is 52.4 Å². The lowest BCUT2D eigenvalue weighted by Crippen LogP contribution is -3.29. The molecule has 0 amide bonds. The Labute approximate surface area is 172 Å². The first-order valence-electron chi connectivity index (χ1n) is 12.4. The van der Waals surface area contributed by atoms with Crippen LogP contribution in [0, 0.1) is 0 Å². The quantitative estimate of drug-likeness (QED) is 0.228. The molecule has 2 saturated carbocycles. The summed E-state index contributed by atoms with van der Waals surface area (Å²) in [6.07, 6.45) is 13.3. The molecule has 1 aliphatic heterocycles. The van der Waals surface area contributed by atoms with Gasteiger partial charge in [-0.15, -0.1) is 0 Å². The largest absolute Gasteiger partial charge is 0.382 e. The minimum Gasteiger partial charge on any atom is -0.382 e. The fourth-order valence-corrected chi connectivity index (χ4v) is 5.64. The summed E-state index contributed by atoms with van der Waals surface area (Å²) >= 11 is 0. The third kappa shape index (κ3) is 8.25. The molecule has 1 heterocycles. The Morgan fingerprint density at radius 1 is 0.607 bits per heavy atom. The minimum atomic E-state index is -0.172. The number of hydrogen-bond acceptors (Lipinski definition) is 2. The second-order valence-corrected chi connectivity index (χ2v) is 9.95. The predicted octanol–water partition coefficient (Wildman–Crippen LogP) is -3.72. The van der Waals surface area contributed by atoms with Gasteiger partial charge >= 0.3 is 0 Å². The van der Waals surface area contributed by atoms with E-state index in [4.69, 9.17) is 0 Å². The zero-order valence-electron chi connectivity index (χ0n) is 18.1. The van der Waals surface area contributed by atoms with Gasteiger partial charge in [0.05, 0.1) is 12.1 Å². The van der Waals surface area contributed by atoms with Crippen LogP contribution in [0.3, 0.4) is 0 Å². The SMILES string of the molecule is O[C@@H](C[NH2+]C1CCCCC1)C[NH+]1CC[NH+](C[C@@H](O)C[NH2+]C2CCCCC2)CC1. The van der Waals surface area contributed by atoms with Crippen molar-refractivity contribution in [1.82, 2.24) is 0 Å². The molecule has 1 saturated heterocycles. The lowest BCUT2D eigenvalue weighted by atomic mass is 9.95. The zero-order valence-corrected chi connectivity index (χ0v) is 18.1. The molecule has 0 bridgehead atoms. The van der Waals surface area contributed by atoms with Crippen LogP contribution in [0.15, 0.2) is 0 Å². The molecule has 6 nitrogen and oxygen atoms in total. The van der Waals surface area contributed by atoms with Crippen LogP contribution >= 0.6 is 0 Å². The molecule has 164 valence electrons. The summed E-state index contributed by atoms with van der Waals surface area (Å²) in [5.41, 5.74) is 0. The highest BCUT2D eigenvalue weighted by molar-refractivity contribution is 4.64. The van der Waals surface area contributed by atoms with Crippen LogP contribution in [0.4, 0.5) is 0 Å². The van der Waals surface area contributed by atoms with Crippen LogP contribution in [-0.4, -0.2) is 86.9 Å². The van der Waals surface area contributed by atoms with Gasteiger partial charge in [0.2, 0.25) is 0 Å². The number of nitrogens with two attached hydrogens (primary N) is 2. The number of piperazine rings is 1. The van der Waals surface area contributed by atoms with Crippen molar-refractivity contribution in [2.24, 2.45) is 0 Å². The monoisotopic (exact) mass is 400 g/mol. The zero-order chi connectivity index (χ0) is 19.6. The highest BCUT2D eigenvalue weighted by Gasteiger charge is 2.28. The molecule has 3 rings (SSSR count). The molecule has 8 N–H and O–H groups in total. The third-order valence-corrected chi connectivity index (χ3v) is 7.50. The lowest BCUT2D eigenvalue weighted by molar-refractivity contribution is -1.02. The molecule has 2 atom stereocenters. The molecule has 28 heavy (non-hydrogen) atoms. The summed E-state index contributed by atoms with van der Waals surface area (Å²) in [7, 11) is 0. The fourth-order valence-electron chi connectivity index (χ4n) is 5.64. The van der Waals surface area contributed by atoms with Crippen molar-refractivity contribution < 1.29 is 30.6 Å². The highest BCUT2D eigenvalue weighted by Crippen LogP contribution is 2.15. The standard InChI is InChI=1S/C22H44N4O2/c27-21(15-23-19-7-3-1-4-8-19)17-25-11-13-26(14-12-25)18-22(28)16-24-20-9-5-2-6-10-20/h19-24,27-28H,1-18H2/p+4/t21-,22-/m0/s1. The van der Waals surface area contributed by atoms with E-state index in [9.17, 15) is 10.2 Å². The first-order valence-corrected chi connectivity index (χ1v) is 12.4. The van der Waals surface area contributed by atoms with E-state index in [0.29, 0.717) is 0 Å². The number of aliphatic hydroxyl groups is 2. The van der Waals surface area contributed by atoms with Crippen molar-refractivity contribution in [2.75, 3.05) is 52.4 Å². The maximum Gasteiger partial charge on any atom is 0.151 e. The van der Waals surface area contributed by atoms with Crippen molar-refractivity contribution in [3.63, 3.8) is 0 Å². The number of aliphatic hydroxyl groups excluding tert-OH is 2. The van der Waals surface area contributed by atoms with Crippen LogP contribution in [-0.2, 0) is 0 Å². The predicted molar refractivity (Wildman–Crippen MR) is 110 cm³/mol. The Hall–Kier alpha value is -0.240. The normalized spacial score (nSPS) is 30.2. The van der Waals surface area contributed by atoms with Crippen LogP contribution in [0.2, 0.25) is 0 Å². The lowest BCUT2D eigenvalue weighted by Gasteiger charge is -2.31. The van der Waals surface area contributed by atoms with Gasteiger partial charge in [-0.1, -0.05) is 12.8 Å². The van der Waals surface area contributed by atoms with Crippen LogP contribution in [0.1, 0.15) is 64.2 Å². The van der Waals surface area contributed by atoms with Crippen molar-refractivity contribution in [3.8, 4) is 0 Å². The molecule has 0 aromatic heterocycles. The van der Waals surface area contributed by atoms with E-state index in [1.807, 2.05) is 0 Å². The molecule has 0 aromatic carbocycles. The first-order chi connectivity index (χ1) is 13.7. The highest BCUT2D eigenvalue weighted by atomic mass is 16.3. The molecule has 2 aliphatic carbocycles. The third-order valence-electron chi connectivity index (χ3n) is 7.50. The molecule has 3 aliphatic rings. The van der Waals surface area contributed by atoms with E-state index in [-0.39, 0.29) is 12.2 Å². The molecule has 0 aromatic rings. The van der Waals surface area contributed by atoms with Crippen molar-refractivity contribution in [2.45, 2.75) is 88.5 Å². The van der Waals surface area contributed by atoms with E-state index in [1.165, 1.54) is 64.2 Å². The smallest absolute Gasteiger partial charge is 0.151 e. The molecule has 3 fully saturated rings. The topological polar surface area (TPSA) is 82.6 Å². The molecule has 0 unspecified atom stereocenters. The minimum absolute atomic E-state index is 0.172. The van der Waals surface area contributed by atoms with E-state index >= 15 is 0 Å². The number of hydrogen-bond donors (Lipinski definition) is 6. The van der Waals surface area contributed by atoms with Gasteiger partial charge in [-0.3, -0.25) is 0 Å². The average molecular weight is 401 g/mol.